The maximum atomic E-state index is 9.89. The van der Waals surface area contributed by atoms with Crippen molar-refractivity contribution < 1.29 is 5.11 Å². The van der Waals surface area contributed by atoms with Gasteiger partial charge in [0.1, 0.15) is 5.75 Å². The Hall–Kier alpha value is -1.09. The van der Waals surface area contributed by atoms with Crippen LogP contribution in [0.2, 0.25) is 0 Å². The summed E-state index contributed by atoms with van der Waals surface area (Å²) in [6.45, 7) is 2.68. The van der Waals surface area contributed by atoms with Gasteiger partial charge in [0.2, 0.25) is 0 Å². The van der Waals surface area contributed by atoms with Crippen LogP contribution in [0, 0.1) is 30.6 Å². The average molecular weight is 272 g/mol. The number of hydrogen-bond donors (Lipinski definition) is 2. The molecule has 0 spiro atoms. The number of hydrogen-bond acceptors (Lipinski definition) is 3. The van der Waals surface area contributed by atoms with Crippen LogP contribution >= 0.6 is 0 Å². The lowest BCUT2D eigenvalue weighted by Crippen LogP contribution is -2.39. The fraction of sp³-hybridized carbons (Fsp3) is 0.706. The van der Waals surface area contributed by atoms with Gasteiger partial charge >= 0.3 is 0 Å². The molecule has 0 radical (unpaired) electrons. The second kappa shape index (κ2) is 4.73. The number of nitrogens with zero attached hydrogens (tertiary/aromatic N) is 1. The van der Waals surface area contributed by atoms with E-state index >= 15 is 0 Å². The van der Waals surface area contributed by atoms with Crippen LogP contribution < -0.4 is 5.32 Å². The summed E-state index contributed by atoms with van der Waals surface area (Å²) in [6.07, 6.45) is 7.19. The van der Waals surface area contributed by atoms with Gasteiger partial charge in [0.15, 0.2) is 0 Å². The van der Waals surface area contributed by atoms with Crippen molar-refractivity contribution in [3.8, 4) is 5.75 Å². The number of aromatic hydroxyl groups is 1. The van der Waals surface area contributed by atoms with Gasteiger partial charge in [-0.05, 0) is 68.4 Å². The van der Waals surface area contributed by atoms with Gasteiger partial charge < -0.3 is 10.4 Å². The largest absolute Gasteiger partial charge is 0.506 e. The van der Waals surface area contributed by atoms with E-state index in [-0.39, 0.29) is 0 Å². The van der Waals surface area contributed by atoms with Crippen molar-refractivity contribution in [1.82, 2.24) is 10.3 Å². The van der Waals surface area contributed by atoms with Gasteiger partial charge in [0.25, 0.3) is 0 Å². The quantitative estimate of drug-likeness (QED) is 0.889. The second-order valence-corrected chi connectivity index (χ2v) is 7.06. The van der Waals surface area contributed by atoms with Crippen LogP contribution in [0.3, 0.4) is 0 Å². The molecule has 3 saturated carbocycles. The summed E-state index contributed by atoms with van der Waals surface area (Å²) in [6, 6.07) is 4.27. The molecular weight excluding hydrogens is 248 g/mol. The Bertz CT molecular complexity index is 516. The third kappa shape index (κ3) is 1.95. The lowest BCUT2D eigenvalue weighted by atomic mass is 9.79. The Balaban J connectivity index is 1.42. The third-order valence-electron chi connectivity index (χ3n) is 6.05. The Morgan fingerprint density at radius 1 is 1.20 bits per heavy atom. The third-order valence-corrected chi connectivity index (χ3v) is 6.05. The van der Waals surface area contributed by atoms with E-state index in [1.54, 1.807) is 6.07 Å². The molecule has 5 unspecified atom stereocenters. The minimum Gasteiger partial charge on any atom is -0.506 e. The molecule has 20 heavy (non-hydrogen) atoms. The van der Waals surface area contributed by atoms with Crippen LogP contribution in [0.25, 0.3) is 0 Å². The van der Waals surface area contributed by atoms with Gasteiger partial charge in [-0.25, -0.2) is 0 Å². The molecule has 108 valence electrons. The molecular formula is C17H24N2O. The molecule has 5 atom stereocenters. The molecule has 3 heteroatoms. The highest BCUT2D eigenvalue weighted by molar-refractivity contribution is 5.27. The molecule has 1 aromatic rings. The van der Waals surface area contributed by atoms with Gasteiger partial charge in [-0.2, -0.15) is 0 Å². The predicted molar refractivity (Wildman–Crippen MR) is 78.3 cm³/mol. The number of nitrogens with one attached hydrogen (secondary N) is 1. The molecule has 0 aliphatic heterocycles. The topological polar surface area (TPSA) is 45.1 Å². The normalized spacial score (nSPS) is 38.4. The number of aryl methyl sites for hydroxylation is 1. The van der Waals surface area contributed by atoms with Gasteiger partial charge in [0, 0.05) is 18.3 Å². The molecule has 4 rings (SSSR count). The molecule has 3 nitrogen and oxygen atoms in total. The van der Waals surface area contributed by atoms with Gasteiger partial charge in [-0.1, -0.05) is 6.42 Å². The van der Waals surface area contributed by atoms with E-state index in [0.717, 1.165) is 35.1 Å². The SMILES string of the molecule is Cc1ccc(O)c(CNC2CC3CC2C2CCCC32)n1. The molecule has 0 aromatic carbocycles. The first kappa shape index (κ1) is 12.6. The van der Waals surface area contributed by atoms with Crippen molar-refractivity contribution in [3.05, 3.63) is 23.5 Å². The van der Waals surface area contributed by atoms with Crippen LogP contribution in [0.1, 0.15) is 43.5 Å². The van der Waals surface area contributed by atoms with E-state index < -0.39 is 0 Å². The molecule has 2 bridgehead atoms. The summed E-state index contributed by atoms with van der Waals surface area (Å²) < 4.78 is 0. The van der Waals surface area contributed by atoms with Crippen LogP contribution in [0.5, 0.6) is 5.75 Å². The highest BCUT2D eigenvalue weighted by Gasteiger charge is 2.53. The molecule has 3 aliphatic rings. The fourth-order valence-electron chi connectivity index (χ4n) is 5.26. The zero-order valence-electron chi connectivity index (χ0n) is 12.2. The summed E-state index contributed by atoms with van der Waals surface area (Å²) in [7, 11) is 0. The monoisotopic (exact) mass is 272 g/mol. The number of aromatic nitrogens is 1. The van der Waals surface area contributed by atoms with Crippen molar-refractivity contribution in [1.29, 1.82) is 0 Å². The molecule has 0 amide bonds. The number of rotatable bonds is 3. The average Bonchev–Trinajstić information content (AvgIpc) is 3.10. The van der Waals surface area contributed by atoms with Crippen molar-refractivity contribution in [2.45, 2.75) is 51.6 Å². The van der Waals surface area contributed by atoms with Gasteiger partial charge in [-0.15, -0.1) is 0 Å². The molecule has 2 N–H and O–H groups in total. The zero-order chi connectivity index (χ0) is 13.7. The Morgan fingerprint density at radius 2 is 2.05 bits per heavy atom. The van der Waals surface area contributed by atoms with E-state index in [2.05, 4.69) is 10.3 Å². The van der Waals surface area contributed by atoms with E-state index in [0.29, 0.717) is 18.3 Å². The van der Waals surface area contributed by atoms with Crippen molar-refractivity contribution in [2.75, 3.05) is 0 Å². The second-order valence-electron chi connectivity index (χ2n) is 7.06. The first-order chi connectivity index (χ1) is 9.72. The fourth-order valence-corrected chi connectivity index (χ4v) is 5.26. The Labute approximate surface area is 120 Å². The summed E-state index contributed by atoms with van der Waals surface area (Å²) in [5.74, 6) is 4.22. The van der Waals surface area contributed by atoms with Crippen molar-refractivity contribution >= 4 is 0 Å². The Morgan fingerprint density at radius 3 is 2.95 bits per heavy atom. The van der Waals surface area contributed by atoms with Crippen LogP contribution in [0.4, 0.5) is 0 Å². The smallest absolute Gasteiger partial charge is 0.138 e. The molecule has 3 fully saturated rings. The molecule has 0 saturated heterocycles. The zero-order valence-corrected chi connectivity index (χ0v) is 12.2. The summed E-state index contributed by atoms with van der Waals surface area (Å²) in [4.78, 5) is 4.45. The lowest BCUT2D eigenvalue weighted by Gasteiger charge is -2.32. The minimum atomic E-state index is 0.324. The van der Waals surface area contributed by atoms with E-state index in [1.807, 2.05) is 13.0 Å². The first-order valence-electron chi connectivity index (χ1n) is 8.11. The van der Waals surface area contributed by atoms with E-state index in [9.17, 15) is 5.11 Å². The molecule has 3 aliphatic carbocycles. The predicted octanol–water partition coefficient (Wildman–Crippen LogP) is 3.01. The van der Waals surface area contributed by atoms with Crippen LogP contribution in [0.15, 0.2) is 12.1 Å². The van der Waals surface area contributed by atoms with Gasteiger partial charge in [-0.3, -0.25) is 4.98 Å². The number of pyridine rings is 1. The van der Waals surface area contributed by atoms with Crippen LogP contribution in [-0.2, 0) is 6.54 Å². The standard InChI is InChI=1S/C17H24N2O/c1-10-5-6-17(20)16(19-10)9-18-15-8-11-7-14(15)13-4-2-3-12(11)13/h5-6,11-15,18,20H,2-4,7-9H2,1H3. The maximum Gasteiger partial charge on any atom is 0.138 e. The highest BCUT2D eigenvalue weighted by Crippen LogP contribution is 2.58. The highest BCUT2D eigenvalue weighted by atomic mass is 16.3. The Kier molecular flexibility index (Phi) is 2.99. The van der Waals surface area contributed by atoms with Crippen molar-refractivity contribution in [2.24, 2.45) is 23.7 Å². The summed E-state index contributed by atoms with van der Waals surface area (Å²) >= 11 is 0. The van der Waals surface area contributed by atoms with E-state index in [4.69, 9.17) is 0 Å². The first-order valence-corrected chi connectivity index (χ1v) is 8.11. The van der Waals surface area contributed by atoms with Crippen molar-refractivity contribution in [3.63, 3.8) is 0 Å². The summed E-state index contributed by atoms with van der Waals surface area (Å²) in [5, 5.41) is 13.6. The van der Waals surface area contributed by atoms with E-state index in [1.165, 1.54) is 32.1 Å². The van der Waals surface area contributed by atoms with Gasteiger partial charge in [0.05, 0.1) is 5.69 Å². The number of fused-ring (bicyclic) bond motifs is 5. The lowest BCUT2D eigenvalue weighted by molar-refractivity contribution is 0.207. The maximum absolute atomic E-state index is 9.89. The molecule has 1 heterocycles. The molecule has 1 aromatic heterocycles. The summed E-state index contributed by atoms with van der Waals surface area (Å²) in [5.41, 5.74) is 1.78. The minimum absolute atomic E-state index is 0.324. The van der Waals surface area contributed by atoms with Crippen LogP contribution in [-0.4, -0.2) is 16.1 Å².